The van der Waals surface area contributed by atoms with E-state index < -0.39 is 44.6 Å². The van der Waals surface area contributed by atoms with Gasteiger partial charge in [0, 0.05) is 31.0 Å². The number of sulfone groups is 1. The van der Waals surface area contributed by atoms with E-state index in [-0.39, 0.29) is 48.0 Å². The third-order valence-corrected chi connectivity index (χ3v) is 7.75. The molecule has 1 aliphatic carbocycles. The molecule has 0 unspecified atom stereocenters. The Morgan fingerprint density at radius 1 is 1.29 bits per heavy atom. The molecule has 1 saturated carbocycles. The van der Waals surface area contributed by atoms with Gasteiger partial charge in [-0.25, -0.2) is 17.2 Å². The van der Waals surface area contributed by atoms with Crippen LogP contribution >= 0.6 is 0 Å². The van der Waals surface area contributed by atoms with Crippen LogP contribution in [0.25, 0.3) is 11.4 Å². The summed E-state index contributed by atoms with van der Waals surface area (Å²) in [6, 6.07) is 5.43. The van der Waals surface area contributed by atoms with Crippen LogP contribution in [0, 0.1) is 11.6 Å². The van der Waals surface area contributed by atoms with E-state index in [0.29, 0.717) is 11.6 Å². The molecule has 13 heteroatoms. The maximum atomic E-state index is 15.0. The van der Waals surface area contributed by atoms with Gasteiger partial charge in [-0.2, -0.15) is 5.10 Å². The molecule has 0 bridgehead atoms. The van der Waals surface area contributed by atoms with Gasteiger partial charge in [0.15, 0.2) is 15.5 Å². The molecule has 10 nitrogen and oxygen atoms in total. The molecule has 1 atom stereocenters. The van der Waals surface area contributed by atoms with Gasteiger partial charge < -0.3 is 15.4 Å². The lowest BCUT2D eigenvalue weighted by molar-refractivity contribution is -0.113. The highest BCUT2D eigenvalue weighted by Gasteiger charge is 2.47. The van der Waals surface area contributed by atoms with Crippen LogP contribution in [0.5, 0.6) is 5.75 Å². The second-order valence-corrected chi connectivity index (χ2v) is 12.1. The summed E-state index contributed by atoms with van der Waals surface area (Å²) in [5, 5.41) is 9.94. The molecule has 0 saturated heterocycles. The first-order valence-corrected chi connectivity index (χ1v) is 14.1. The average molecular weight is 544 g/mol. The third kappa shape index (κ3) is 4.30. The van der Waals surface area contributed by atoms with Crippen molar-refractivity contribution in [3.8, 4) is 17.1 Å². The number of hydrogen-bond acceptors (Lipinski definition) is 7. The number of rotatable bonds is 5. The Balaban J connectivity index is 1.46. The molecule has 38 heavy (non-hydrogen) atoms. The highest BCUT2D eigenvalue weighted by atomic mass is 32.2. The first-order chi connectivity index (χ1) is 18.0. The molecule has 198 valence electrons. The number of amides is 2. The number of ether oxygens (including phenoxy) is 1. The molecule has 6 rings (SSSR count). The normalized spacial score (nSPS) is 20.3. The van der Waals surface area contributed by atoms with Gasteiger partial charge in [-0.1, -0.05) is 6.07 Å². The minimum atomic E-state index is -3.65. The van der Waals surface area contributed by atoms with E-state index in [2.05, 4.69) is 20.7 Å². The zero-order chi connectivity index (χ0) is 26.8. The average Bonchev–Trinajstić information content (AvgIpc) is 3.60. The van der Waals surface area contributed by atoms with Gasteiger partial charge in [0.1, 0.15) is 34.5 Å². The molecule has 1 fully saturated rings. The van der Waals surface area contributed by atoms with Crippen molar-refractivity contribution in [2.24, 2.45) is 0 Å². The van der Waals surface area contributed by atoms with E-state index in [0.717, 1.165) is 36.8 Å². The highest BCUT2D eigenvalue weighted by Crippen LogP contribution is 2.44. The standard InChI is InChI=1S/C25H23F2N5O5S/c1-38(35,36)11-19(33)29-22-21(17-5-4-14(10-28-17)13-2-3-13)31-32-12-25(30-24(34)23(22)32)6-7-37-18-9-15(26)8-16(27)20(18)25/h4-5,8-10,13H,2-3,6-7,11-12H2,1H3,(H,29,33)(H,30,34)/t25-/m0/s1. The van der Waals surface area contributed by atoms with Crippen molar-refractivity contribution >= 4 is 27.3 Å². The van der Waals surface area contributed by atoms with Crippen LogP contribution in [0.2, 0.25) is 0 Å². The van der Waals surface area contributed by atoms with Crippen molar-refractivity contribution in [1.29, 1.82) is 0 Å². The number of nitrogens with zero attached hydrogens (tertiary/aromatic N) is 3. The quantitative estimate of drug-likeness (QED) is 0.505. The second-order valence-electron chi connectivity index (χ2n) is 9.99. The number of hydrogen-bond donors (Lipinski definition) is 2. The molecule has 1 spiro atoms. The van der Waals surface area contributed by atoms with Gasteiger partial charge in [0.05, 0.1) is 29.9 Å². The molecule has 2 N–H and O–H groups in total. The Morgan fingerprint density at radius 3 is 2.76 bits per heavy atom. The van der Waals surface area contributed by atoms with Crippen molar-refractivity contribution in [1.82, 2.24) is 20.1 Å². The Kier molecular flexibility index (Phi) is 5.53. The topological polar surface area (TPSA) is 132 Å². The van der Waals surface area contributed by atoms with Gasteiger partial charge in [-0.05, 0) is 30.4 Å². The van der Waals surface area contributed by atoms with Crippen molar-refractivity contribution in [2.45, 2.75) is 37.3 Å². The van der Waals surface area contributed by atoms with Gasteiger partial charge in [0.2, 0.25) is 5.91 Å². The predicted molar refractivity (Wildman–Crippen MR) is 131 cm³/mol. The SMILES string of the molecule is CS(=O)(=O)CC(=O)Nc1c(-c2ccc(C3CC3)cn2)nn2c1C(=O)N[C@@]1(CCOc3cc(F)cc(F)c31)C2. The van der Waals surface area contributed by atoms with Crippen LogP contribution < -0.4 is 15.4 Å². The summed E-state index contributed by atoms with van der Waals surface area (Å²) >= 11 is 0. The zero-order valence-electron chi connectivity index (χ0n) is 20.3. The van der Waals surface area contributed by atoms with E-state index in [1.165, 1.54) is 4.68 Å². The number of benzene rings is 1. The second kappa shape index (κ2) is 8.58. The third-order valence-electron chi connectivity index (χ3n) is 6.96. The first-order valence-electron chi connectivity index (χ1n) is 12.0. The van der Waals surface area contributed by atoms with Crippen LogP contribution in [0.3, 0.4) is 0 Å². The molecule has 2 aliphatic heterocycles. The molecular weight excluding hydrogens is 520 g/mol. The van der Waals surface area contributed by atoms with E-state index in [4.69, 9.17) is 4.74 Å². The number of carbonyl (C=O) groups excluding carboxylic acids is 2. The smallest absolute Gasteiger partial charge is 0.272 e. The fraction of sp³-hybridized carbons (Fsp3) is 0.360. The molecule has 4 heterocycles. The number of carbonyl (C=O) groups is 2. The van der Waals surface area contributed by atoms with Gasteiger partial charge in [0.25, 0.3) is 5.91 Å². The highest BCUT2D eigenvalue weighted by molar-refractivity contribution is 7.91. The van der Waals surface area contributed by atoms with Crippen molar-refractivity contribution in [3.63, 3.8) is 0 Å². The van der Waals surface area contributed by atoms with Gasteiger partial charge in [-0.15, -0.1) is 0 Å². The number of halogens is 2. The predicted octanol–water partition coefficient (Wildman–Crippen LogP) is 2.51. The summed E-state index contributed by atoms with van der Waals surface area (Å²) in [5.74, 6) is -3.53. The number of nitrogens with one attached hydrogen (secondary N) is 2. The van der Waals surface area contributed by atoms with Crippen LogP contribution in [0.4, 0.5) is 14.5 Å². The van der Waals surface area contributed by atoms with Gasteiger partial charge >= 0.3 is 0 Å². The van der Waals surface area contributed by atoms with E-state index >= 15 is 4.39 Å². The Hall–Kier alpha value is -3.87. The summed E-state index contributed by atoms with van der Waals surface area (Å²) in [6.45, 7) is 0.0594. The molecule has 2 amide bonds. The van der Waals surface area contributed by atoms with E-state index in [9.17, 15) is 22.4 Å². The zero-order valence-corrected chi connectivity index (χ0v) is 21.1. The molecule has 1 aromatic carbocycles. The monoisotopic (exact) mass is 543 g/mol. The first kappa shape index (κ1) is 24.5. The molecule has 0 radical (unpaired) electrons. The minimum Gasteiger partial charge on any atom is -0.493 e. The largest absolute Gasteiger partial charge is 0.493 e. The van der Waals surface area contributed by atoms with Crippen LogP contribution in [0.1, 0.15) is 46.8 Å². The lowest BCUT2D eigenvalue weighted by Gasteiger charge is -2.42. The maximum Gasteiger partial charge on any atom is 0.272 e. The van der Waals surface area contributed by atoms with Crippen LogP contribution in [0.15, 0.2) is 30.5 Å². The van der Waals surface area contributed by atoms with Crippen LogP contribution in [-0.2, 0) is 26.7 Å². The van der Waals surface area contributed by atoms with Crippen molar-refractivity contribution < 1.29 is 31.5 Å². The Morgan fingerprint density at radius 2 is 2.08 bits per heavy atom. The summed E-state index contributed by atoms with van der Waals surface area (Å²) < 4.78 is 59.2. The summed E-state index contributed by atoms with van der Waals surface area (Å²) in [7, 11) is -3.65. The minimum absolute atomic E-state index is 0.00420. The number of aromatic nitrogens is 3. The summed E-state index contributed by atoms with van der Waals surface area (Å²) in [5.41, 5.74) is 0.308. The Bertz CT molecular complexity index is 1600. The summed E-state index contributed by atoms with van der Waals surface area (Å²) in [4.78, 5) is 30.6. The Labute approximate surface area is 216 Å². The number of pyridine rings is 1. The van der Waals surface area contributed by atoms with E-state index in [1.54, 1.807) is 12.3 Å². The van der Waals surface area contributed by atoms with E-state index in [1.807, 2.05) is 6.07 Å². The van der Waals surface area contributed by atoms with Crippen LogP contribution in [-0.4, -0.2) is 53.6 Å². The lowest BCUT2D eigenvalue weighted by Crippen LogP contribution is -2.56. The fourth-order valence-corrected chi connectivity index (χ4v) is 5.71. The van der Waals surface area contributed by atoms with Crippen molar-refractivity contribution in [3.05, 3.63) is 58.9 Å². The number of anilines is 1. The molecule has 2 aromatic heterocycles. The number of fused-ring (bicyclic) bond motifs is 3. The maximum absolute atomic E-state index is 15.0. The summed E-state index contributed by atoms with van der Waals surface area (Å²) in [6.07, 6.45) is 5.00. The lowest BCUT2D eigenvalue weighted by atomic mass is 9.82. The fourth-order valence-electron chi connectivity index (χ4n) is 5.17. The molecular formula is C25H23F2N5O5S. The van der Waals surface area contributed by atoms with Crippen molar-refractivity contribution in [2.75, 3.05) is 23.9 Å². The molecule has 3 aromatic rings. The molecule has 3 aliphatic rings. The van der Waals surface area contributed by atoms with Gasteiger partial charge in [-0.3, -0.25) is 19.3 Å².